The number of rotatable bonds is 60. The fourth-order valence-electron chi connectivity index (χ4n) is 9.66. The van der Waals surface area contributed by atoms with E-state index >= 15 is 0 Å². The molecule has 0 radical (unpaired) electrons. The molecule has 77 heavy (non-hydrogen) atoms. The van der Waals surface area contributed by atoms with Crippen molar-refractivity contribution in [3.05, 3.63) is 122 Å². The van der Waals surface area contributed by atoms with Crippen molar-refractivity contribution in [2.24, 2.45) is 0 Å². The molecule has 0 aromatic carbocycles. The lowest BCUT2D eigenvalue weighted by atomic mass is 10.0. The van der Waals surface area contributed by atoms with Gasteiger partial charge in [0.05, 0.1) is 18.8 Å². The Kier molecular flexibility index (Phi) is 64.3. The van der Waals surface area contributed by atoms with Crippen LogP contribution in [-0.4, -0.2) is 34.9 Å². The van der Waals surface area contributed by atoms with E-state index in [0.29, 0.717) is 6.42 Å². The van der Waals surface area contributed by atoms with Crippen molar-refractivity contribution < 1.29 is 15.0 Å². The van der Waals surface area contributed by atoms with Crippen LogP contribution in [0, 0.1) is 0 Å². The Morgan fingerprint density at radius 2 is 0.584 bits per heavy atom. The zero-order valence-corrected chi connectivity index (χ0v) is 50.9. The van der Waals surface area contributed by atoms with E-state index in [2.05, 4.69) is 129 Å². The molecule has 0 aromatic heterocycles. The molecule has 0 rings (SSSR count). The third-order valence-electron chi connectivity index (χ3n) is 14.7. The normalized spacial score (nSPS) is 13.6. The summed E-state index contributed by atoms with van der Waals surface area (Å²) in [5.41, 5.74) is 0. The lowest BCUT2D eigenvalue weighted by Crippen LogP contribution is -2.45. The predicted octanol–water partition coefficient (Wildman–Crippen LogP) is 22.8. The summed E-state index contributed by atoms with van der Waals surface area (Å²) in [5.74, 6) is -0.0834. The van der Waals surface area contributed by atoms with Crippen molar-refractivity contribution in [2.45, 2.75) is 328 Å². The minimum Gasteiger partial charge on any atom is -0.394 e. The third kappa shape index (κ3) is 63.5. The number of carbonyl (C=O) groups excluding carboxylic acids is 1. The maximum Gasteiger partial charge on any atom is 0.220 e. The number of aliphatic hydroxyl groups excluding tert-OH is 2. The number of unbranched alkanes of at least 4 members (excludes halogenated alkanes) is 35. The summed E-state index contributed by atoms with van der Waals surface area (Å²) < 4.78 is 0. The largest absolute Gasteiger partial charge is 0.394 e. The van der Waals surface area contributed by atoms with E-state index in [1.54, 1.807) is 6.08 Å². The second-order valence-corrected chi connectivity index (χ2v) is 22.1. The van der Waals surface area contributed by atoms with Crippen molar-refractivity contribution in [3.63, 3.8) is 0 Å². The van der Waals surface area contributed by atoms with Gasteiger partial charge >= 0.3 is 0 Å². The number of allylic oxidation sites excluding steroid dienone is 19. The number of hydrogen-bond donors (Lipinski definition) is 3. The summed E-state index contributed by atoms with van der Waals surface area (Å²) in [6.07, 6.45) is 103. The van der Waals surface area contributed by atoms with Gasteiger partial charge in [-0.3, -0.25) is 4.79 Å². The molecule has 0 aliphatic carbocycles. The monoisotopic (exact) mass is 1070 g/mol. The van der Waals surface area contributed by atoms with Crippen molar-refractivity contribution >= 4 is 5.91 Å². The maximum atomic E-state index is 12.5. The van der Waals surface area contributed by atoms with E-state index in [4.69, 9.17) is 0 Å². The summed E-state index contributed by atoms with van der Waals surface area (Å²) in [4.78, 5) is 12.5. The highest BCUT2D eigenvalue weighted by atomic mass is 16.3. The molecule has 2 atom stereocenters. The average molecular weight is 1070 g/mol. The highest BCUT2D eigenvalue weighted by Gasteiger charge is 2.18. The molecule has 0 bridgehead atoms. The van der Waals surface area contributed by atoms with Crippen LogP contribution in [0.5, 0.6) is 0 Å². The molecule has 3 N–H and O–H groups in total. The highest BCUT2D eigenvalue weighted by molar-refractivity contribution is 5.76. The topological polar surface area (TPSA) is 69.6 Å². The smallest absolute Gasteiger partial charge is 0.220 e. The summed E-state index contributed by atoms with van der Waals surface area (Å²) in [6, 6.07) is -0.657. The summed E-state index contributed by atoms with van der Waals surface area (Å²) in [6.45, 7) is 4.20. The van der Waals surface area contributed by atoms with Crippen LogP contribution in [0.2, 0.25) is 0 Å². The van der Waals surface area contributed by atoms with Gasteiger partial charge in [-0.25, -0.2) is 0 Å². The lowest BCUT2D eigenvalue weighted by molar-refractivity contribution is -0.123. The molecule has 0 saturated heterocycles. The van der Waals surface area contributed by atoms with Crippen LogP contribution in [0.25, 0.3) is 0 Å². The van der Waals surface area contributed by atoms with E-state index < -0.39 is 12.1 Å². The second kappa shape index (κ2) is 67.1. The van der Waals surface area contributed by atoms with Gasteiger partial charge in [0, 0.05) is 6.42 Å². The zero-order chi connectivity index (χ0) is 55.5. The Morgan fingerprint density at radius 1 is 0.325 bits per heavy atom. The number of carbonyl (C=O) groups is 1. The van der Waals surface area contributed by atoms with Gasteiger partial charge in [0.25, 0.3) is 0 Å². The number of aliphatic hydroxyl groups is 2. The van der Waals surface area contributed by atoms with Gasteiger partial charge in [-0.2, -0.15) is 0 Å². The standard InChI is InChI=1S/C73H127NO3/c1-3-5-7-9-11-13-15-17-19-21-23-25-27-29-31-33-35-37-39-41-43-45-47-49-51-53-55-57-59-61-63-65-67-69-73(77)74-71(70-75)72(76)68-66-64-62-60-58-56-54-52-50-48-46-44-42-40-38-36-34-32-30-28-26-24-22-20-18-16-14-12-10-8-6-4-2/h5,7,11,13,17,19,23,25,29,31,35,37,41,43,50,52,58,60,66,68,71-72,75-76H,3-4,6,8-10,12,14-16,18,20-22,24,26-28,30,32-34,36,38-40,42,44-49,51,53-57,59,61-65,67,69-70H2,1-2H3,(H,74,77)/b7-5-,13-11-,19-17-,25-23-,31-29-,37-35-,43-41-,52-50+,60-58+,68-66+. The fourth-order valence-corrected chi connectivity index (χ4v) is 9.66. The van der Waals surface area contributed by atoms with Crippen molar-refractivity contribution in [3.8, 4) is 0 Å². The molecule has 442 valence electrons. The first kappa shape index (κ1) is 73.8. The summed E-state index contributed by atoms with van der Waals surface area (Å²) in [5, 5.41) is 23.2. The second-order valence-electron chi connectivity index (χ2n) is 22.1. The van der Waals surface area contributed by atoms with Gasteiger partial charge in [0.2, 0.25) is 5.91 Å². The predicted molar refractivity (Wildman–Crippen MR) is 345 cm³/mol. The Labute approximate surface area is 479 Å². The Bertz CT molecular complexity index is 1490. The van der Waals surface area contributed by atoms with Gasteiger partial charge in [-0.1, -0.05) is 328 Å². The van der Waals surface area contributed by atoms with Crippen LogP contribution in [0.15, 0.2) is 122 Å². The van der Waals surface area contributed by atoms with Gasteiger partial charge in [0.15, 0.2) is 0 Å². The number of hydrogen-bond acceptors (Lipinski definition) is 3. The Morgan fingerprint density at radius 3 is 0.909 bits per heavy atom. The maximum absolute atomic E-state index is 12.5. The van der Waals surface area contributed by atoms with Crippen LogP contribution in [0.4, 0.5) is 0 Å². The molecule has 0 aliphatic rings. The molecule has 4 heteroatoms. The molecule has 0 heterocycles. The van der Waals surface area contributed by atoms with Crippen molar-refractivity contribution in [1.82, 2.24) is 5.32 Å². The van der Waals surface area contributed by atoms with E-state index in [1.165, 1.54) is 205 Å². The average Bonchev–Trinajstić information content (AvgIpc) is 3.43. The summed E-state index contributed by atoms with van der Waals surface area (Å²) in [7, 11) is 0. The van der Waals surface area contributed by atoms with Gasteiger partial charge in [-0.15, -0.1) is 0 Å². The minimum absolute atomic E-state index is 0.0834. The molecule has 0 saturated carbocycles. The number of amides is 1. The quantitative estimate of drug-likeness (QED) is 0.0420. The number of nitrogens with one attached hydrogen (secondary N) is 1. The zero-order valence-electron chi connectivity index (χ0n) is 50.9. The van der Waals surface area contributed by atoms with Crippen molar-refractivity contribution in [1.29, 1.82) is 0 Å². The fraction of sp³-hybridized carbons (Fsp3) is 0.712. The minimum atomic E-state index is -0.881. The van der Waals surface area contributed by atoms with Crippen LogP contribution >= 0.6 is 0 Å². The van der Waals surface area contributed by atoms with Gasteiger partial charge in [-0.05, 0) is 103 Å². The van der Waals surface area contributed by atoms with E-state index in [-0.39, 0.29) is 12.5 Å². The highest BCUT2D eigenvalue weighted by Crippen LogP contribution is 2.17. The molecule has 1 amide bonds. The molecule has 4 nitrogen and oxygen atoms in total. The molecule has 0 aliphatic heterocycles. The molecule has 0 fully saturated rings. The van der Waals surface area contributed by atoms with Crippen molar-refractivity contribution in [2.75, 3.05) is 6.61 Å². The van der Waals surface area contributed by atoms with Gasteiger partial charge < -0.3 is 15.5 Å². The first-order valence-electron chi connectivity index (χ1n) is 33.2. The molecule has 2 unspecified atom stereocenters. The first-order chi connectivity index (χ1) is 38.2. The van der Waals surface area contributed by atoms with Crippen LogP contribution < -0.4 is 5.32 Å². The molecular formula is C73H127NO3. The van der Waals surface area contributed by atoms with Crippen LogP contribution in [0.3, 0.4) is 0 Å². The van der Waals surface area contributed by atoms with Crippen LogP contribution in [-0.2, 0) is 4.79 Å². The first-order valence-corrected chi connectivity index (χ1v) is 33.2. The molecule has 0 spiro atoms. The van der Waals surface area contributed by atoms with E-state index in [1.807, 2.05) is 6.08 Å². The molecular weight excluding hydrogens is 939 g/mol. The Hall–Kier alpha value is -3.21. The van der Waals surface area contributed by atoms with E-state index in [9.17, 15) is 15.0 Å². The lowest BCUT2D eigenvalue weighted by Gasteiger charge is -2.19. The summed E-state index contributed by atoms with van der Waals surface area (Å²) >= 11 is 0. The Balaban J connectivity index is 3.58. The van der Waals surface area contributed by atoms with E-state index in [0.717, 1.165) is 89.9 Å². The SMILES string of the molecule is CC/C=C\C/C=C\C/C=C\C/C=C\C/C=C\C/C=C\C/C=C\CCCCCCCCCCCCCC(=O)NC(CO)C(O)/C=C/CC/C=C/CC/C=C/CCCCCCCCCCCCCCCCCCCCCCCC. The van der Waals surface area contributed by atoms with Crippen LogP contribution in [0.1, 0.15) is 316 Å². The third-order valence-corrected chi connectivity index (χ3v) is 14.7. The van der Waals surface area contributed by atoms with Gasteiger partial charge in [0.1, 0.15) is 0 Å². The molecule has 0 aromatic rings.